The highest BCUT2D eigenvalue weighted by Gasteiger charge is 2.14. The van der Waals surface area contributed by atoms with Crippen molar-refractivity contribution in [2.45, 2.75) is 64.5 Å². The van der Waals surface area contributed by atoms with E-state index >= 15 is 0 Å². The van der Waals surface area contributed by atoms with Gasteiger partial charge < -0.3 is 18.9 Å². The predicted molar refractivity (Wildman–Crippen MR) is 141 cm³/mol. The van der Waals surface area contributed by atoms with E-state index in [4.69, 9.17) is 18.9 Å². The first kappa shape index (κ1) is 33.8. The molecular formula is C26H37N3O11. The van der Waals surface area contributed by atoms with Crippen LogP contribution in [0.15, 0.2) is 39.7 Å². The first-order valence-electron chi connectivity index (χ1n) is 12.9. The van der Waals surface area contributed by atoms with E-state index < -0.39 is 40.9 Å². The quantitative estimate of drug-likeness (QED) is 0.0923. The van der Waals surface area contributed by atoms with Gasteiger partial charge in [-0.3, -0.25) is 9.59 Å². The molecule has 0 radical (unpaired) electrons. The fourth-order valence-corrected chi connectivity index (χ4v) is 3.34. The molecule has 14 heteroatoms. The Morgan fingerprint density at radius 3 is 1.38 bits per heavy atom. The lowest BCUT2D eigenvalue weighted by atomic mass is 10.2. The Morgan fingerprint density at radius 1 is 0.600 bits per heavy atom. The van der Waals surface area contributed by atoms with E-state index in [0.29, 0.717) is 38.5 Å². The summed E-state index contributed by atoms with van der Waals surface area (Å²) in [5.41, 5.74) is -2.65. The highest BCUT2D eigenvalue weighted by atomic mass is 16.5. The summed E-state index contributed by atoms with van der Waals surface area (Å²) in [5, 5.41) is 0. The van der Waals surface area contributed by atoms with Crippen LogP contribution in [0.2, 0.25) is 0 Å². The lowest BCUT2D eigenvalue weighted by Crippen LogP contribution is -2.54. The van der Waals surface area contributed by atoms with Crippen LogP contribution in [0.5, 0.6) is 0 Å². The van der Waals surface area contributed by atoms with Crippen LogP contribution in [0.4, 0.5) is 0 Å². The zero-order valence-electron chi connectivity index (χ0n) is 22.8. The van der Waals surface area contributed by atoms with Gasteiger partial charge in [0.25, 0.3) is 0 Å². The van der Waals surface area contributed by atoms with E-state index in [1.54, 1.807) is 0 Å². The average molecular weight is 568 g/mol. The molecule has 0 unspecified atom stereocenters. The minimum absolute atomic E-state index is 0.107. The van der Waals surface area contributed by atoms with E-state index in [1.807, 2.05) is 0 Å². The second-order valence-corrected chi connectivity index (χ2v) is 8.52. The van der Waals surface area contributed by atoms with Crippen molar-refractivity contribution in [1.82, 2.24) is 13.7 Å². The third-order valence-electron chi connectivity index (χ3n) is 5.53. The molecule has 0 atom stereocenters. The van der Waals surface area contributed by atoms with Crippen LogP contribution in [0.25, 0.3) is 0 Å². The highest BCUT2D eigenvalue weighted by molar-refractivity contribution is 5.81. The topological polar surface area (TPSA) is 171 Å². The Kier molecular flexibility index (Phi) is 16.0. The second kappa shape index (κ2) is 18.9. The zero-order valence-corrected chi connectivity index (χ0v) is 22.8. The molecule has 222 valence electrons. The largest absolute Gasteiger partial charge is 0.464 e. The molecule has 0 spiro atoms. The van der Waals surface area contributed by atoms with Crippen LogP contribution >= 0.6 is 0 Å². The Morgan fingerprint density at radius 2 is 1.00 bits per heavy atom. The Bertz CT molecular complexity index is 1120. The number of unbranched alkanes of at least 4 members (excludes halogenated alkanes) is 4. The molecule has 14 nitrogen and oxygen atoms in total. The van der Waals surface area contributed by atoms with Crippen LogP contribution in [-0.2, 0) is 58.3 Å². The lowest BCUT2D eigenvalue weighted by molar-refractivity contribution is -0.145. The van der Waals surface area contributed by atoms with E-state index in [-0.39, 0.29) is 52.4 Å². The standard InChI is InChI=1S/C26H37N3O11/c1-4-20(30)37-16-10-6-8-12-22(32)39-18-14-28-24(34)27(3)25(35)29(26(28)36)15-19-40-23(33)13-9-7-11-17-38-21(31)5-2/h4-5H,1-2,6-19H2,3H3. The number of rotatable bonds is 20. The Hall–Kier alpha value is -4.23. The fraction of sp³-hybridized carbons (Fsp3) is 0.577. The van der Waals surface area contributed by atoms with E-state index in [9.17, 15) is 33.6 Å². The average Bonchev–Trinajstić information content (AvgIpc) is 2.94. The fourth-order valence-electron chi connectivity index (χ4n) is 3.34. The van der Waals surface area contributed by atoms with Crippen LogP contribution in [-0.4, -0.2) is 64.0 Å². The molecule has 1 aromatic heterocycles. The molecule has 0 saturated heterocycles. The summed E-state index contributed by atoms with van der Waals surface area (Å²) in [6, 6.07) is 0. The normalized spacial score (nSPS) is 10.4. The van der Waals surface area contributed by atoms with Crippen LogP contribution in [0.3, 0.4) is 0 Å². The summed E-state index contributed by atoms with van der Waals surface area (Å²) in [6.07, 6.45) is 5.75. The molecule has 1 heterocycles. The second-order valence-electron chi connectivity index (χ2n) is 8.52. The Labute approximate surface area is 230 Å². The number of hydrogen-bond donors (Lipinski definition) is 0. The third kappa shape index (κ3) is 12.5. The van der Waals surface area contributed by atoms with Gasteiger partial charge >= 0.3 is 40.9 Å². The number of ether oxygens (including phenoxy) is 4. The predicted octanol–water partition coefficient (Wildman–Crippen LogP) is 0.374. The minimum Gasteiger partial charge on any atom is -0.464 e. The molecular weight excluding hydrogens is 530 g/mol. The molecule has 40 heavy (non-hydrogen) atoms. The first-order valence-corrected chi connectivity index (χ1v) is 12.9. The summed E-state index contributed by atoms with van der Waals surface area (Å²) in [4.78, 5) is 83.3. The first-order chi connectivity index (χ1) is 19.1. The summed E-state index contributed by atoms with van der Waals surface area (Å²) in [7, 11) is 1.20. The zero-order chi connectivity index (χ0) is 29.9. The maximum atomic E-state index is 12.7. The van der Waals surface area contributed by atoms with E-state index in [1.165, 1.54) is 7.05 Å². The van der Waals surface area contributed by atoms with Gasteiger partial charge in [-0.1, -0.05) is 13.2 Å². The maximum absolute atomic E-state index is 12.7. The molecule has 0 saturated carbocycles. The van der Waals surface area contributed by atoms with Gasteiger partial charge in [-0.05, 0) is 38.5 Å². The Balaban J connectivity index is 2.48. The monoisotopic (exact) mass is 567 g/mol. The van der Waals surface area contributed by atoms with Gasteiger partial charge in [0.15, 0.2) is 0 Å². The van der Waals surface area contributed by atoms with Crippen molar-refractivity contribution in [3.63, 3.8) is 0 Å². The third-order valence-corrected chi connectivity index (χ3v) is 5.53. The highest BCUT2D eigenvalue weighted by Crippen LogP contribution is 2.03. The van der Waals surface area contributed by atoms with Crippen LogP contribution < -0.4 is 17.1 Å². The SMILES string of the molecule is C=CC(=O)OCCCCCC(=O)OCCn1c(=O)n(C)c(=O)n(CCOC(=O)CCCCCOC(=O)C=C)c1=O. The van der Waals surface area contributed by atoms with Crippen molar-refractivity contribution in [2.24, 2.45) is 7.05 Å². The van der Waals surface area contributed by atoms with Crippen molar-refractivity contribution >= 4 is 23.9 Å². The van der Waals surface area contributed by atoms with Crippen molar-refractivity contribution in [1.29, 1.82) is 0 Å². The van der Waals surface area contributed by atoms with Gasteiger partial charge in [-0.15, -0.1) is 0 Å². The molecule has 0 aromatic carbocycles. The van der Waals surface area contributed by atoms with Crippen molar-refractivity contribution in [3.8, 4) is 0 Å². The molecule has 0 aliphatic carbocycles. The lowest BCUT2D eigenvalue weighted by Gasteiger charge is -2.12. The number of hydrogen-bond acceptors (Lipinski definition) is 11. The van der Waals surface area contributed by atoms with Crippen LogP contribution in [0, 0.1) is 0 Å². The summed E-state index contributed by atoms with van der Waals surface area (Å²) >= 11 is 0. The van der Waals surface area contributed by atoms with Gasteiger partial charge in [0.1, 0.15) is 13.2 Å². The molecule has 0 bridgehead atoms. The molecule has 0 aliphatic heterocycles. The van der Waals surface area contributed by atoms with Gasteiger partial charge in [-0.2, -0.15) is 0 Å². The summed E-state index contributed by atoms with van der Waals surface area (Å²) in [6.45, 7) is 5.97. The van der Waals surface area contributed by atoms with Crippen LogP contribution in [0.1, 0.15) is 51.4 Å². The number of esters is 4. The van der Waals surface area contributed by atoms with E-state index in [2.05, 4.69) is 13.2 Å². The van der Waals surface area contributed by atoms with Gasteiger partial charge in [0.05, 0.1) is 26.3 Å². The van der Waals surface area contributed by atoms with Gasteiger partial charge in [-0.25, -0.2) is 37.7 Å². The summed E-state index contributed by atoms with van der Waals surface area (Å²) < 4.78 is 22.1. The maximum Gasteiger partial charge on any atom is 0.336 e. The molecule has 0 fully saturated rings. The molecule has 0 N–H and O–H groups in total. The number of carbonyl (C=O) groups is 4. The molecule has 1 aromatic rings. The van der Waals surface area contributed by atoms with Crippen molar-refractivity contribution < 1.29 is 38.1 Å². The minimum atomic E-state index is -0.914. The van der Waals surface area contributed by atoms with Gasteiger partial charge in [0, 0.05) is 32.0 Å². The van der Waals surface area contributed by atoms with Crippen molar-refractivity contribution in [2.75, 3.05) is 26.4 Å². The number of carbonyl (C=O) groups excluding carboxylic acids is 4. The number of nitrogens with zero attached hydrogens (tertiary/aromatic N) is 3. The van der Waals surface area contributed by atoms with Crippen molar-refractivity contribution in [3.05, 3.63) is 56.8 Å². The van der Waals surface area contributed by atoms with Gasteiger partial charge in [0.2, 0.25) is 0 Å². The molecule has 0 aliphatic rings. The number of aromatic nitrogens is 3. The smallest absolute Gasteiger partial charge is 0.336 e. The summed E-state index contributed by atoms with van der Waals surface area (Å²) in [5.74, 6) is -2.07. The molecule has 0 amide bonds. The van der Waals surface area contributed by atoms with E-state index in [0.717, 1.165) is 25.9 Å². The molecule has 1 rings (SSSR count).